The lowest BCUT2D eigenvalue weighted by Gasteiger charge is -2.16. The van der Waals surface area contributed by atoms with Crippen molar-refractivity contribution in [2.24, 2.45) is 5.73 Å². The van der Waals surface area contributed by atoms with Gasteiger partial charge in [0.15, 0.2) is 23.9 Å². The Morgan fingerprint density at radius 3 is 2.44 bits per heavy atom. The standard InChI is InChI=1S/C29H23F4N5O5/c1-16-23-26(27(37-15-36-23)42-14-29(31,32)33)38(25(16)24-22(40-2)11-19(12-35-24)43-28(34)39)18-8-9-21(20(30)10-18)41-13-17-6-4-3-5-7-17/h3-12,15H,13-14H2,1-2H3,(H2,34,39). The summed E-state index contributed by atoms with van der Waals surface area (Å²) in [4.78, 5) is 23.8. The van der Waals surface area contributed by atoms with Crippen molar-refractivity contribution < 1.29 is 41.3 Å². The summed E-state index contributed by atoms with van der Waals surface area (Å²) < 4.78 is 77.4. The number of alkyl halides is 3. The van der Waals surface area contributed by atoms with Crippen LogP contribution >= 0.6 is 0 Å². The van der Waals surface area contributed by atoms with Crippen LogP contribution in [0, 0.1) is 12.7 Å². The third-order valence-corrected chi connectivity index (χ3v) is 6.22. The van der Waals surface area contributed by atoms with Crippen LogP contribution in [0.15, 0.2) is 67.1 Å². The number of pyridine rings is 1. The van der Waals surface area contributed by atoms with E-state index in [1.54, 1.807) is 6.92 Å². The first-order chi connectivity index (χ1) is 20.6. The number of nitrogens with zero attached hydrogens (tertiary/aromatic N) is 4. The maximum Gasteiger partial charge on any atom is 0.422 e. The highest BCUT2D eigenvalue weighted by molar-refractivity contribution is 5.93. The van der Waals surface area contributed by atoms with E-state index in [2.05, 4.69) is 15.0 Å². The van der Waals surface area contributed by atoms with Crippen LogP contribution in [-0.4, -0.2) is 45.5 Å². The molecule has 0 unspecified atom stereocenters. The number of aryl methyl sites for hydroxylation is 1. The molecule has 14 heteroatoms. The van der Waals surface area contributed by atoms with Crippen LogP contribution in [0.2, 0.25) is 0 Å². The van der Waals surface area contributed by atoms with Gasteiger partial charge in [-0.1, -0.05) is 30.3 Å². The minimum atomic E-state index is -4.66. The third kappa shape index (κ3) is 6.27. The summed E-state index contributed by atoms with van der Waals surface area (Å²) in [6, 6.07) is 14.6. The summed E-state index contributed by atoms with van der Waals surface area (Å²) >= 11 is 0. The van der Waals surface area contributed by atoms with Gasteiger partial charge in [-0.2, -0.15) is 18.2 Å². The summed E-state index contributed by atoms with van der Waals surface area (Å²) in [7, 11) is 1.34. The molecule has 5 aromatic rings. The first-order valence-electron chi connectivity index (χ1n) is 12.6. The van der Waals surface area contributed by atoms with E-state index < -0.39 is 30.6 Å². The fourth-order valence-corrected chi connectivity index (χ4v) is 4.44. The van der Waals surface area contributed by atoms with Crippen LogP contribution in [0.25, 0.3) is 28.1 Å². The Labute approximate surface area is 241 Å². The van der Waals surface area contributed by atoms with Crippen molar-refractivity contribution in [1.82, 2.24) is 19.5 Å². The number of aromatic nitrogens is 4. The summed E-state index contributed by atoms with van der Waals surface area (Å²) in [6.07, 6.45) is -3.46. The summed E-state index contributed by atoms with van der Waals surface area (Å²) in [5, 5.41) is 0. The summed E-state index contributed by atoms with van der Waals surface area (Å²) in [5.74, 6) is -1.09. The first kappa shape index (κ1) is 29.1. The molecular formula is C29H23F4N5O5. The zero-order valence-corrected chi connectivity index (χ0v) is 22.7. The van der Waals surface area contributed by atoms with E-state index in [1.165, 1.54) is 36.1 Å². The van der Waals surface area contributed by atoms with Gasteiger partial charge in [0.05, 0.1) is 24.5 Å². The summed E-state index contributed by atoms with van der Waals surface area (Å²) in [6.45, 7) is 0.134. The van der Waals surface area contributed by atoms with Crippen molar-refractivity contribution in [3.63, 3.8) is 0 Å². The molecule has 5 rings (SSSR count). The second-order valence-corrected chi connectivity index (χ2v) is 9.12. The largest absolute Gasteiger partial charge is 0.494 e. The SMILES string of the molecule is COc1cc(OC(N)=O)cnc1-c1c(C)c2ncnc(OCC(F)(F)F)c2n1-c1ccc(OCc2ccccc2)c(F)c1. The van der Waals surface area contributed by atoms with Gasteiger partial charge < -0.3 is 29.2 Å². The highest BCUT2D eigenvalue weighted by Gasteiger charge is 2.31. The monoisotopic (exact) mass is 597 g/mol. The van der Waals surface area contributed by atoms with Crippen molar-refractivity contribution in [3.05, 3.63) is 84.1 Å². The lowest BCUT2D eigenvalue weighted by Crippen LogP contribution is -2.20. The molecule has 0 saturated carbocycles. The molecule has 0 spiro atoms. The molecule has 1 amide bonds. The average Bonchev–Trinajstić information content (AvgIpc) is 3.27. The molecule has 0 fully saturated rings. The van der Waals surface area contributed by atoms with Crippen molar-refractivity contribution in [1.29, 1.82) is 0 Å². The van der Waals surface area contributed by atoms with Crippen LogP contribution in [0.5, 0.6) is 23.1 Å². The lowest BCUT2D eigenvalue weighted by atomic mass is 10.1. The number of carbonyl (C=O) groups is 1. The molecule has 0 aliphatic carbocycles. The van der Waals surface area contributed by atoms with E-state index in [0.717, 1.165) is 18.0 Å². The Morgan fingerprint density at radius 1 is 1.00 bits per heavy atom. The molecule has 2 aromatic carbocycles. The van der Waals surface area contributed by atoms with Crippen LogP contribution in [-0.2, 0) is 6.61 Å². The fraction of sp³-hybridized carbons (Fsp3) is 0.172. The number of nitrogens with two attached hydrogens (primary N) is 1. The molecule has 0 aliphatic rings. The number of hydrogen-bond donors (Lipinski definition) is 1. The smallest absolute Gasteiger partial charge is 0.422 e. The van der Waals surface area contributed by atoms with Crippen molar-refractivity contribution >= 4 is 17.1 Å². The van der Waals surface area contributed by atoms with Crippen LogP contribution < -0.4 is 24.7 Å². The lowest BCUT2D eigenvalue weighted by molar-refractivity contribution is -0.153. The van der Waals surface area contributed by atoms with Gasteiger partial charge >= 0.3 is 12.3 Å². The number of methoxy groups -OCH3 is 1. The van der Waals surface area contributed by atoms with Gasteiger partial charge in [-0.25, -0.2) is 19.2 Å². The minimum absolute atomic E-state index is 0.0200. The molecule has 3 heterocycles. The maximum absolute atomic E-state index is 15.5. The second-order valence-electron chi connectivity index (χ2n) is 9.12. The molecule has 222 valence electrons. The van der Waals surface area contributed by atoms with Gasteiger partial charge in [-0.3, -0.25) is 0 Å². The minimum Gasteiger partial charge on any atom is -0.494 e. The highest BCUT2D eigenvalue weighted by Crippen LogP contribution is 2.42. The Kier molecular flexibility index (Phi) is 8.01. The molecule has 3 aromatic heterocycles. The Hall–Kier alpha value is -5.40. The van der Waals surface area contributed by atoms with Crippen molar-refractivity contribution in [2.75, 3.05) is 13.7 Å². The van der Waals surface area contributed by atoms with E-state index >= 15 is 4.39 Å². The van der Waals surface area contributed by atoms with Crippen molar-refractivity contribution in [3.8, 4) is 40.2 Å². The molecule has 43 heavy (non-hydrogen) atoms. The number of primary amides is 1. The van der Waals surface area contributed by atoms with Gasteiger partial charge in [0.2, 0.25) is 5.88 Å². The number of ether oxygens (including phenoxy) is 4. The van der Waals surface area contributed by atoms with E-state index in [1.807, 2.05) is 30.3 Å². The average molecular weight is 598 g/mol. The fourth-order valence-electron chi connectivity index (χ4n) is 4.44. The topological polar surface area (TPSA) is 124 Å². The predicted molar refractivity (Wildman–Crippen MR) is 146 cm³/mol. The van der Waals surface area contributed by atoms with E-state index in [4.69, 9.17) is 24.7 Å². The normalized spacial score (nSPS) is 11.4. The number of rotatable bonds is 9. The molecule has 0 aliphatic heterocycles. The molecule has 0 saturated heterocycles. The number of carbonyl (C=O) groups excluding carboxylic acids is 1. The van der Waals surface area contributed by atoms with Gasteiger partial charge in [-0.15, -0.1) is 0 Å². The predicted octanol–water partition coefficient (Wildman–Crippen LogP) is 5.92. The number of benzene rings is 2. The molecule has 2 N–H and O–H groups in total. The first-order valence-corrected chi connectivity index (χ1v) is 12.6. The molecule has 0 atom stereocenters. The Morgan fingerprint density at radius 2 is 1.77 bits per heavy atom. The summed E-state index contributed by atoms with van der Waals surface area (Å²) in [5.41, 5.74) is 7.22. The number of hydrogen-bond acceptors (Lipinski definition) is 8. The third-order valence-electron chi connectivity index (χ3n) is 6.22. The number of amides is 1. The Bertz CT molecular complexity index is 1790. The molecule has 0 radical (unpaired) electrons. The van der Waals surface area contributed by atoms with Gasteiger partial charge in [0.25, 0.3) is 0 Å². The zero-order chi connectivity index (χ0) is 30.7. The number of halogens is 4. The van der Waals surface area contributed by atoms with Crippen LogP contribution in [0.4, 0.5) is 22.4 Å². The van der Waals surface area contributed by atoms with Crippen LogP contribution in [0.1, 0.15) is 11.1 Å². The molecule has 10 nitrogen and oxygen atoms in total. The van der Waals surface area contributed by atoms with Gasteiger partial charge in [0.1, 0.15) is 29.9 Å². The molecular weight excluding hydrogens is 574 g/mol. The number of fused-ring (bicyclic) bond motifs is 1. The van der Waals surface area contributed by atoms with E-state index in [0.29, 0.717) is 5.56 Å². The zero-order valence-electron chi connectivity index (χ0n) is 22.7. The van der Waals surface area contributed by atoms with Gasteiger partial charge in [-0.05, 0) is 24.6 Å². The Balaban J connectivity index is 1.69. The molecule has 0 bridgehead atoms. The van der Waals surface area contributed by atoms with Crippen LogP contribution in [0.3, 0.4) is 0 Å². The highest BCUT2D eigenvalue weighted by atomic mass is 19.4. The van der Waals surface area contributed by atoms with E-state index in [9.17, 15) is 18.0 Å². The quantitative estimate of drug-likeness (QED) is 0.208. The van der Waals surface area contributed by atoms with Crippen molar-refractivity contribution in [2.45, 2.75) is 19.7 Å². The maximum atomic E-state index is 15.5. The van der Waals surface area contributed by atoms with Gasteiger partial charge in [0, 0.05) is 23.4 Å². The van der Waals surface area contributed by atoms with E-state index in [-0.39, 0.29) is 52.0 Å². The second kappa shape index (κ2) is 11.8.